The number of carbonyl (C=O) groups excluding carboxylic acids is 3. The van der Waals surface area contributed by atoms with Crippen LogP contribution in [0.15, 0.2) is 29.2 Å². The van der Waals surface area contributed by atoms with Crippen LogP contribution in [0.1, 0.15) is 32.3 Å². The van der Waals surface area contributed by atoms with Crippen LogP contribution < -0.4 is 4.90 Å². The van der Waals surface area contributed by atoms with Crippen LogP contribution in [0.2, 0.25) is 0 Å². The molecule has 2 amide bonds. The Labute approximate surface area is 167 Å². The number of fused-ring (bicyclic) bond motifs is 1. The topological polar surface area (TPSA) is 66.9 Å². The molecule has 0 radical (unpaired) electrons. The fraction of sp³-hybridized carbons (Fsp3) is 0.368. The van der Waals surface area contributed by atoms with Crippen molar-refractivity contribution in [3.63, 3.8) is 0 Å². The minimum Gasteiger partial charge on any atom is -0.464 e. The van der Waals surface area contributed by atoms with E-state index in [-0.39, 0.29) is 21.7 Å². The first-order valence-electron chi connectivity index (χ1n) is 8.84. The predicted octanol–water partition coefficient (Wildman–Crippen LogP) is 2.97. The van der Waals surface area contributed by atoms with Gasteiger partial charge in [0.25, 0.3) is 11.8 Å². The van der Waals surface area contributed by atoms with Gasteiger partial charge in [0.1, 0.15) is 10.9 Å². The number of thiocarbonyl (C=S) groups is 1. The van der Waals surface area contributed by atoms with Gasteiger partial charge in [0.2, 0.25) is 0 Å². The average Bonchev–Trinajstić information content (AvgIpc) is 3.08. The molecule has 0 aliphatic carbocycles. The SMILES string of the molecule is CCCOC(=O)CN1C(=O)/C(=C2\C(=O)N(CCC)c3ccccc32)SC1=S. The van der Waals surface area contributed by atoms with E-state index in [4.69, 9.17) is 17.0 Å². The van der Waals surface area contributed by atoms with E-state index in [9.17, 15) is 14.4 Å². The number of hydrogen-bond acceptors (Lipinski definition) is 6. The smallest absolute Gasteiger partial charge is 0.326 e. The van der Waals surface area contributed by atoms with E-state index in [1.807, 2.05) is 38.1 Å². The first-order chi connectivity index (χ1) is 13.0. The molecule has 6 nitrogen and oxygen atoms in total. The molecule has 2 aliphatic rings. The molecule has 0 bridgehead atoms. The highest BCUT2D eigenvalue weighted by Gasteiger charge is 2.42. The lowest BCUT2D eigenvalue weighted by Gasteiger charge is -2.15. The van der Waals surface area contributed by atoms with E-state index in [1.54, 1.807) is 4.90 Å². The van der Waals surface area contributed by atoms with E-state index in [0.717, 1.165) is 29.4 Å². The fourth-order valence-electron chi connectivity index (χ4n) is 3.02. The van der Waals surface area contributed by atoms with Crippen LogP contribution in [0.25, 0.3) is 5.57 Å². The van der Waals surface area contributed by atoms with E-state index < -0.39 is 11.9 Å². The van der Waals surface area contributed by atoms with Crippen molar-refractivity contribution >= 4 is 57.3 Å². The van der Waals surface area contributed by atoms with Crippen LogP contribution >= 0.6 is 24.0 Å². The van der Waals surface area contributed by atoms with Crippen molar-refractivity contribution in [2.75, 3.05) is 24.6 Å². The van der Waals surface area contributed by atoms with Gasteiger partial charge in [0.05, 0.1) is 22.8 Å². The minimum atomic E-state index is -0.509. The van der Waals surface area contributed by atoms with Gasteiger partial charge in [-0.25, -0.2) is 0 Å². The third-order valence-corrected chi connectivity index (χ3v) is 5.65. The molecule has 1 fully saturated rings. The van der Waals surface area contributed by atoms with Crippen molar-refractivity contribution in [3.05, 3.63) is 34.7 Å². The number of carbonyl (C=O) groups is 3. The van der Waals surface area contributed by atoms with Crippen molar-refractivity contribution in [2.24, 2.45) is 0 Å². The van der Waals surface area contributed by atoms with E-state index in [2.05, 4.69) is 0 Å². The number of hydrogen-bond donors (Lipinski definition) is 0. The first kappa shape index (κ1) is 19.6. The molecule has 8 heteroatoms. The maximum Gasteiger partial charge on any atom is 0.326 e. The van der Waals surface area contributed by atoms with Crippen molar-refractivity contribution < 1.29 is 19.1 Å². The molecule has 0 spiro atoms. The highest BCUT2D eigenvalue weighted by Crippen LogP contribution is 2.44. The molecular weight excluding hydrogens is 384 g/mol. The lowest BCUT2D eigenvalue weighted by molar-refractivity contribution is -0.146. The summed E-state index contributed by atoms with van der Waals surface area (Å²) in [6.07, 6.45) is 1.50. The van der Waals surface area contributed by atoms with Crippen LogP contribution in [-0.2, 0) is 19.1 Å². The van der Waals surface area contributed by atoms with Gasteiger partial charge in [-0.2, -0.15) is 0 Å². The molecule has 3 rings (SSSR count). The number of nitrogens with zero attached hydrogens (tertiary/aromatic N) is 2. The average molecular weight is 405 g/mol. The minimum absolute atomic E-state index is 0.202. The number of ether oxygens (including phenoxy) is 1. The van der Waals surface area contributed by atoms with Gasteiger partial charge in [0, 0.05) is 12.1 Å². The second kappa shape index (κ2) is 8.22. The monoisotopic (exact) mass is 404 g/mol. The molecule has 1 aromatic rings. The highest BCUT2D eigenvalue weighted by atomic mass is 32.2. The quantitative estimate of drug-likeness (QED) is 0.413. The lowest BCUT2D eigenvalue weighted by atomic mass is 10.1. The summed E-state index contributed by atoms with van der Waals surface area (Å²) in [5, 5.41) is 0. The Balaban J connectivity index is 1.94. The van der Waals surface area contributed by atoms with Gasteiger partial charge in [-0.15, -0.1) is 0 Å². The molecule has 0 atom stereocenters. The summed E-state index contributed by atoms with van der Waals surface area (Å²) >= 11 is 6.34. The number of benzene rings is 1. The lowest BCUT2D eigenvalue weighted by Crippen LogP contribution is -2.35. The van der Waals surface area contributed by atoms with Crippen LogP contribution in [0.5, 0.6) is 0 Å². The predicted molar refractivity (Wildman–Crippen MR) is 109 cm³/mol. The Bertz CT molecular complexity index is 850. The molecule has 1 aromatic carbocycles. The maximum atomic E-state index is 13.0. The van der Waals surface area contributed by atoms with Crippen LogP contribution in [0.4, 0.5) is 5.69 Å². The number of para-hydroxylation sites is 1. The fourth-order valence-corrected chi connectivity index (χ4v) is 4.35. The summed E-state index contributed by atoms with van der Waals surface area (Å²) in [6, 6.07) is 7.41. The number of rotatable bonds is 6. The van der Waals surface area contributed by atoms with Crippen LogP contribution in [-0.4, -0.2) is 46.7 Å². The maximum absolute atomic E-state index is 13.0. The Morgan fingerprint density at radius 1 is 1.11 bits per heavy atom. The number of thioether (sulfide) groups is 1. The summed E-state index contributed by atoms with van der Waals surface area (Å²) in [5.41, 5.74) is 1.89. The Morgan fingerprint density at radius 2 is 1.85 bits per heavy atom. The van der Waals surface area contributed by atoms with Gasteiger partial charge in [-0.1, -0.05) is 56.0 Å². The molecule has 0 unspecified atom stereocenters. The van der Waals surface area contributed by atoms with Crippen LogP contribution in [0.3, 0.4) is 0 Å². The van der Waals surface area contributed by atoms with Gasteiger partial charge in [-0.3, -0.25) is 19.3 Å². The summed E-state index contributed by atoms with van der Waals surface area (Å²) in [4.78, 5) is 41.0. The summed E-state index contributed by atoms with van der Waals surface area (Å²) < 4.78 is 5.30. The number of anilines is 1. The standard InChI is InChI=1S/C19H20N2O4S2/c1-3-9-20-13-8-6-5-7-12(13)15(17(20)23)16-18(24)21(19(26)27-16)11-14(22)25-10-4-2/h5-8H,3-4,9-11H2,1-2H3/b16-15+. The number of amides is 2. The van der Waals surface area contributed by atoms with Gasteiger partial charge in [-0.05, 0) is 18.9 Å². The highest BCUT2D eigenvalue weighted by molar-refractivity contribution is 8.26. The summed E-state index contributed by atoms with van der Waals surface area (Å²) in [5.74, 6) is -1.13. The molecule has 0 saturated carbocycles. The summed E-state index contributed by atoms with van der Waals surface area (Å²) in [6.45, 7) is 4.52. The van der Waals surface area contributed by atoms with E-state index in [0.29, 0.717) is 25.1 Å². The van der Waals surface area contributed by atoms with Gasteiger partial charge < -0.3 is 9.64 Å². The molecule has 0 aromatic heterocycles. The molecule has 142 valence electrons. The third-order valence-electron chi connectivity index (χ3n) is 4.20. The second-order valence-electron chi connectivity index (χ2n) is 6.16. The molecule has 27 heavy (non-hydrogen) atoms. The van der Waals surface area contributed by atoms with Crippen molar-refractivity contribution in [3.8, 4) is 0 Å². The molecular formula is C19H20N2O4S2. The Hall–Kier alpha value is -2.19. The largest absolute Gasteiger partial charge is 0.464 e. The van der Waals surface area contributed by atoms with Crippen molar-refractivity contribution in [1.29, 1.82) is 0 Å². The summed E-state index contributed by atoms with van der Waals surface area (Å²) in [7, 11) is 0. The first-order valence-corrected chi connectivity index (χ1v) is 10.1. The van der Waals surface area contributed by atoms with Gasteiger partial charge >= 0.3 is 5.97 Å². The third kappa shape index (κ3) is 3.64. The van der Waals surface area contributed by atoms with E-state index >= 15 is 0 Å². The molecule has 1 saturated heterocycles. The molecule has 2 heterocycles. The van der Waals surface area contributed by atoms with Gasteiger partial charge in [0.15, 0.2) is 0 Å². The van der Waals surface area contributed by atoms with Crippen molar-refractivity contribution in [1.82, 2.24) is 4.90 Å². The van der Waals surface area contributed by atoms with Crippen LogP contribution in [0, 0.1) is 0 Å². The molecule has 0 N–H and O–H groups in total. The zero-order valence-electron chi connectivity index (χ0n) is 15.2. The van der Waals surface area contributed by atoms with Crippen molar-refractivity contribution in [2.45, 2.75) is 26.7 Å². The molecule has 2 aliphatic heterocycles. The van der Waals surface area contributed by atoms with E-state index in [1.165, 1.54) is 4.90 Å². The second-order valence-corrected chi connectivity index (χ2v) is 7.80. The number of esters is 1. The normalized spacial score (nSPS) is 19.1. The zero-order valence-corrected chi connectivity index (χ0v) is 16.8. The zero-order chi connectivity index (χ0) is 19.6. The Kier molecular flexibility index (Phi) is 5.96. The Morgan fingerprint density at radius 3 is 2.56 bits per heavy atom.